The van der Waals surface area contributed by atoms with Gasteiger partial charge < -0.3 is 20.1 Å². The highest BCUT2D eigenvalue weighted by atomic mass is 33.1. The Bertz CT molecular complexity index is 1100. The van der Waals surface area contributed by atoms with Gasteiger partial charge in [0.15, 0.2) is 0 Å². The van der Waals surface area contributed by atoms with Crippen LogP contribution in [-0.4, -0.2) is 162 Å². The van der Waals surface area contributed by atoms with Crippen molar-refractivity contribution in [1.82, 2.24) is 19.6 Å². The number of ketones is 1. The largest absolute Gasteiger partial charge is 0.464 e. The van der Waals surface area contributed by atoms with Crippen LogP contribution in [0.25, 0.3) is 0 Å². The number of hydrogen-bond acceptors (Lipinski definition) is 12. The Balaban J connectivity index is 2.27. The molecule has 0 aromatic rings. The summed E-state index contributed by atoms with van der Waals surface area (Å²) >= 11 is 0. The summed E-state index contributed by atoms with van der Waals surface area (Å²) in [6, 6.07) is 0. The first-order valence-electron chi connectivity index (χ1n) is 29.6. The monoisotopic (exact) mass is 1010 g/mol. The Morgan fingerprint density at radius 1 is 0.464 bits per heavy atom. The predicted molar refractivity (Wildman–Crippen MR) is 300 cm³/mol. The molecular formula is C57H114N4O6S2. The van der Waals surface area contributed by atoms with Gasteiger partial charge >= 0.3 is 5.97 Å². The highest BCUT2D eigenvalue weighted by molar-refractivity contribution is 8.76. The zero-order valence-electron chi connectivity index (χ0n) is 45.8. The lowest BCUT2D eigenvalue weighted by Gasteiger charge is -2.34. The van der Waals surface area contributed by atoms with E-state index in [1.807, 2.05) is 21.6 Å². The number of rotatable bonds is 53. The molecule has 10 nitrogen and oxygen atoms in total. The van der Waals surface area contributed by atoms with E-state index in [2.05, 4.69) is 47.3 Å². The third-order valence-corrected chi connectivity index (χ3v) is 16.5. The van der Waals surface area contributed by atoms with E-state index in [0.717, 1.165) is 141 Å². The van der Waals surface area contributed by atoms with Gasteiger partial charge in [0.1, 0.15) is 12.4 Å². The van der Waals surface area contributed by atoms with E-state index in [1.165, 1.54) is 122 Å². The topological polar surface area (TPSA) is 117 Å². The van der Waals surface area contributed by atoms with Crippen LogP contribution >= 0.6 is 21.6 Å². The molecule has 3 atom stereocenters. The minimum atomic E-state index is -0.373. The highest BCUT2D eigenvalue weighted by Gasteiger charge is 2.19. The van der Waals surface area contributed by atoms with E-state index < -0.39 is 0 Å². The van der Waals surface area contributed by atoms with Crippen LogP contribution in [0.1, 0.15) is 240 Å². The number of hydrogen-bond donors (Lipinski definition) is 3. The first kappa shape index (κ1) is 66.6. The molecule has 3 N–H and O–H groups in total. The van der Waals surface area contributed by atoms with Crippen molar-refractivity contribution in [2.45, 2.75) is 258 Å². The Kier molecular flexibility index (Phi) is 48.0. The molecule has 0 amide bonds. The quantitative estimate of drug-likeness (QED) is 0.0306. The molecule has 1 saturated heterocycles. The van der Waals surface area contributed by atoms with Crippen molar-refractivity contribution in [3.8, 4) is 0 Å². The molecule has 0 aliphatic carbocycles. The Hall–Kier alpha value is -0.440. The number of nitrogens with zero attached hydrogens (tertiary/aromatic N) is 4. The molecule has 1 heterocycles. The average molecular weight is 1020 g/mol. The number of esters is 1. The van der Waals surface area contributed by atoms with Gasteiger partial charge in [-0.05, 0) is 64.5 Å². The van der Waals surface area contributed by atoms with Crippen molar-refractivity contribution in [1.29, 1.82) is 0 Å². The maximum atomic E-state index is 12.9. The number of piperazine rings is 1. The van der Waals surface area contributed by atoms with Crippen LogP contribution in [0.5, 0.6) is 0 Å². The van der Waals surface area contributed by atoms with Crippen LogP contribution in [0.2, 0.25) is 0 Å². The standard InChI is InChI=1S/C57H114N4O6S2/c1-5-9-13-17-21-25-33-53(62)49-60(50-54(63)34-26-22-18-14-10-6-2)38-30-29-37-57(66)67-46-44-58-40-42-59(43-41-58)45-48-69-68-47-32-31-39-61(51-55(64)35-27-23-19-15-11-7-3)52-56(65)36-28-24-20-16-12-8-4/h53-55,62-64H,5-52H2,1-4H3. The number of carbonyl (C=O) groups excluding carboxylic acids is 2. The van der Waals surface area contributed by atoms with Crippen LogP contribution < -0.4 is 0 Å². The molecule has 0 bridgehead atoms. The average Bonchev–Trinajstić information content (AvgIpc) is 3.33. The molecule has 69 heavy (non-hydrogen) atoms. The maximum absolute atomic E-state index is 12.9. The third-order valence-electron chi connectivity index (χ3n) is 14.1. The smallest absolute Gasteiger partial charge is 0.305 e. The molecule has 1 aliphatic heterocycles. The van der Waals surface area contributed by atoms with Crippen molar-refractivity contribution < 1.29 is 29.6 Å². The lowest BCUT2D eigenvalue weighted by molar-refractivity contribution is -0.144. The third kappa shape index (κ3) is 43.7. The molecule has 410 valence electrons. The van der Waals surface area contributed by atoms with Crippen LogP contribution in [0.15, 0.2) is 0 Å². The number of aliphatic hydroxyl groups excluding tert-OH is 3. The predicted octanol–water partition coefficient (Wildman–Crippen LogP) is 12.7. The van der Waals surface area contributed by atoms with Crippen LogP contribution in [-0.2, 0) is 14.3 Å². The van der Waals surface area contributed by atoms with Crippen molar-refractivity contribution >= 4 is 33.3 Å². The summed E-state index contributed by atoms with van der Waals surface area (Å²) in [6.45, 7) is 19.4. The SMILES string of the molecule is CCCCCCCCC(=O)CN(CCCCSSCCN1CCN(CCOC(=O)CCCCN(CC(O)CCCCCCCC)CC(O)CCCCCCCC)CC1)CC(O)CCCCCCCC. The molecule has 1 aliphatic rings. The molecule has 0 saturated carbocycles. The Labute approximate surface area is 435 Å². The Morgan fingerprint density at radius 3 is 1.36 bits per heavy atom. The summed E-state index contributed by atoms with van der Waals surface area (Å²) in [4.78, 5) is 35.0. The van der Waals surface area contributed by atoms with Crippen molar-refractivity contribution in [3.63, 3.8) is 0 Å². The van der Waals surface area contributed by atoms with E-state index in [0.29, 0.717) is 51.4 Å². The fraction of sp³-hybridized carbons (Fsp3) is 0.965. The molecule has 0 radical (unpaired) electrons. The second-order valence-electron chi connectivity index (χ2n) is 20.9. The van der Waals surface area contributed by atoms with E-state index >= 15 is 0 Å². The van der Waals surface area contributed by atoms with Gasteiger partial charge in [-0.25, -0.2) is 0 Å². The van der Waals surface area contributed by atoms with Gasteiger partial charge in [-0.15, -0.1) is 0 Å². The molecule has 12 heteroatoms. The first-order valence-corrected chi connectivity index (χ1v) is 32.0. The number of ether oxygens (including phenoxy) is 1. The van der Waals surface area contributed by atoms with Crippen molar-refractivity contribution in [2.75, 3.05) is 96.6 Å². The highest BCUT2D eigenvalue weighted by Crippen LogP contribution is 2.23. The van der Waals surface area contributed by atoms with Crippen molar-refractivity contribution in [2.24, 2.45) is 0 Å². The Morgan fingerprint density at radius 2 is 0.855 bits per heavy atom. The number of Topliss-reactive ketones (excluding diaryl/α,β-unsaturated/α-hetero) is 1. The normalized spacial score (nSPS) is 15.1. The molecule has 3 unspecified atom stereocenters. The summed E-state index contributed by atoms with van der Waals surface area (Å²) in [5, 5.41) is 32.6. The first-order chi connectivity index (χ1) is 33.7. The minimum Gasteiger partial charge on any atom is -0.464 e. The second-order valence-corrected chi connectivity index (χ2v) is 23.6. The zero-order valence-corrected chi connectivity index (χ0v) is 47.5. The van der Waals surface area contributed by atoms with Gasteiger partial charge in [-0.2, -0.15) is 0 Å². The van der Waals surface area contributed by atoms with Gasteiger partial charge in [0.25, 0.3) is 0 Å². The summed E-state index contributed by atoms with van der Waals surface area (Å²) in [6.07, 6.45) is 35.5. The summed E-state index contributed by atoms with van der Waals surface area (Å²) in [5.74, 6) is 2.45. The zero-order chi connectivity index (χ0) is 50.3. The van der Waals surface area contributed by atoms with Gasteiger partial charge in [0.2, 0.25) is 0 Å². The van der Waals surface area contributed by atoms with Crippen LogP contribution in [0, 0.1) is 0 Å². The lowest BCUT2D eigenvalue weighted by Crippen LogP contribution is -2.47. The molecule has 1 rings (SSSR count). The van der Waals surface area contributed by atoms with Gasteiger partial charge in [-0.3, -0.25) is 29.2 Å². The van der Waals surface area contributed by atoms with E-state index in [4.69, 9.17) is 4.74 Å². The fourth-order valence-corrected chi connectivity index (χ4v) is 11.7. The number of aliphatic hydroxyl groups is 3. The van der Waals surface area contributed by atoms with Gasteiger partial charge in [0, 0.05) is 83.3 Å². The lowest BCUT2D eigenvalue weighted by atomic mass is 10.1. The van der Waals surface area contributed by atoms with Crippen molar-refractivity contribution in [3.05, 3.63) is 0 Å². The van der Waals surface area contributed by atoms with Gasteiger partial charge in [0.05, 0.1) is 24.9 Å². The minimum absolute atomic E-state index is 0.121. The number of unbranched alkanes of at least 4 members (excludes halogenated alkanes) is 22. The summed E-state index contributed by atoms with van der Waals surface area (Å²) in [7, 11) is 3.94. The fourth-order valence-electron chi connectivity index (χ4n) is 9.55. The molecule has 0 spiro atoms. The number of carbonyl (C=O) groups is 2. The van der Waals surface area contributed by atoms with E-state index in [-0.39, 0.29) is 24.3 Å². The molecule has 0 aromatic carbocycles. The van der Waals surface area contributed by atoms with Crippen LogP contribution in [0.3, 0.4) is 0 Å². The second kappa shape index (κ2) is 49.8. The maximum Gasteiger partial charge on any atom is 0.305 e. The summed E-state index contributed by atoms with van der Waals surface area (Å²) < 4.78 is 5.67. The van der Waals surface area contributed by atoms with E-state index in [9.17, 15) is 24.9 Å². The van der Waals surface area contributed by atoms with Gasteiger partial charge in [-0.1, -0.05) is 197 Å². The molecule has 0 aromatic heterocycles. The molecule has 1 fully saturated rings. The summed E-state index contributed by atoms with van der Waals surface area (Å²) in [5.41, 5.74) is 0. The van der Waals surface area contributed by atoms with Crippen LogP contribution in [0.4, 0.5) is 0 Å². The van der Waals surface area contributed by atoms with E-state index in [1.54, 1.807) is 0 Å². The molecular weight excluding hydrogens is 901 g/mol.